The van der Waals surface area contributed by atoms with Crippen LogP contribution in [0.1, 0.15) is 36.0 Å². The van der Waals surface area contributed by atoms with Gasteiger partial charge in [0, 0.05) is 6.54 Å². The lowest BCUT2D eigenvalue weighted by molar-refractivity contribution is 0.0626. The van der Waals surface area contributed by atoms with Crippen molar-refractivity contribution in [2.75, 3.05) is 13.2 Å². The van der Waals surface area contributed by atoms with E-state index in [-0.39, 0.29) is 24.8 Å². The molecule has 1 aliphatic rings. The molecule has 8 nitrogen and oxygen atoms in total. The Balaban J connectivity index is 1.87. The first-order valence-electron chi connectivity index (χ1n) is 6.38. The smallest absolute Gasteiger partial charge is 0.340 e. The highest BCUT2D eigenvalue weighted by Crippen LogP contribution is 2.20. The summed E-state index contributed by atoms with van der Waals surface area (Å²) >= 11 is 0. The van der Waals surface area contributed by atoms with Crippen LogP contribution in [-0.4, -0.2) is 48.9 Å². The van der Waals surface area contributed by atoms with Gasteiger partial charge in [0.15, 0.2) is 5.03 Å². The highest BCUT2D eigenvalue weighted by molar-refractivity contribution is 7.89. The molecule has 1 fully saturated rings. The molecule has 0 spiro atoms. The summed E-state index contributed by atoms with van der Waals surface area (Å²) in [6.07, 6.45) is 5.49. The highest BCUT2D eigenvalue weighted by Gasteiger charge is 2.24. The van der Waals surface area contributed by atoms with Crippen molar-refractivity contribution in [2.45, 2.75) is 36.8 Å². The number of aromatic carboxylic acids is 1. The maximum absolute atomic E-state index is 11.9. The second kappa shape index (κ2) is 6.33. The zero-order chi connectivity index (χ0) is 14.6. The molecule has 2 rings (SSSR count). The molecule has 1 heterocycles. The van der Waals surface area contributed by atoms with Crippen molar-refractivity contribution in [1.29, 1.82) is 0 Å². The fraction of sp³-hybridized carbons (Fsp3) is 0.636. The average molecular weight is 303 g/mol. The number of H-pyrrole nitrogens is 1. The minimum Gasteiger partial charge on any atom is -0.478 e. The Hall–Kier alpha value is -1.45. The van der Waals surface area contributed by atoms with Crippen LogP contribution in [0.5, 0.6) is 0 Å². The van der Waals surface area contributed by atoms with Gasteiger partial charge >= 0.3 is 5.97 Å². The SMILES string of the molecule is O=C(O)c1cn[nH]c1S(=O)(=O)NCCOC1CCCC1. The molecular weight excluding hydrogens is 286 g/mol. The standard InChI is InChI=1S/C11H17N3O5S/c15-11(16)9-7-12-14-10(9)20(17,18)13-5-6-19-8-3-1-2-4-8/h7-8,13H,1-6H2,(H,12,14)(H,15,16). The number of rotatable bonds is 7. The van der Waals surface area contributed by atoms with Crippen LogP contribution in [0, 0.1) is 0 Å². The van der Waals surface area contributed by atoms with Gasteiger partial charge in [0.05, 0.1) is 18.9 Å². The maximum atomic E-state index is 11.9. The van der Waals surface area contributed by atoms with Gasteiger partial charge in [-0.2, -0.15) is 5.10 Å². The zero-order valence-electron chi connectivity index (χ0n) is 10.8. The zero-order valence-corrected chi connectivity index (χ0v) is 11.6. The molecule has 0 unspecified atom stereocenters. The van der Waals surface area contributed by atoms with Crippen molar-refractivity contribution in [1.82, 2.24) is 14.9 Å². The Labute approximate surface area is 116 Å². The molecule has 1 aromatic rings. The number of aromatic nitrogens is 2. The van der Waals surface area contributed by atoms with E-state index in [1.807, 2.05) is 0 Å². The lowest BCUT2D eigenvalue weighted by atomic mass is 10.3. The van der Waals surface area contributed by atoms with E-state index in [0.29, 0.717) is 0 Å². The van der Waals surface area contributed by atoms with Crippen molar-refractivity contribution in [2.24, 2.45) is 0 Å². The number of nitrogens with one attached hydrogen (secondary N) is 2. The van der Waals surface area contributed by atoms with Gasteiger partial charge in [-0.05, 0) is 12.8 Å². The van der Waals surface area contributed by atoms with Gasteiger partial charge in [-0.1, -0.05) is 12.8 Å². The number of hydrogen-bond acceptors (Lipinski definition) is 5. The Kier molecular flexibility index (Phi) is 4.73. The van der Waals surface area contributed by atoms with Crippen molar-refractivity contribution >= 4 is 16.0 Å². The van der Waals surface area contributed by atoms with Crippen molar-refractivity contribution in [3.05, 3.63) is 11.8 Å². The molecule has 0 aliphatic heterocycles. The molecule has 0 bridgehead atoms. The number of nitrogens with zero attached hydrogens (tertiary/aromatic N) is 1. The van der Waals surface area contributed by atoms with E-state index >= 15 is 0 Å². The van der Waals surface area contributed by atoms with Gasteiger partial charge in [-0.15, -0.1) is 0 Å². The number of carboxylic acid groups (broad SMARTS) is 1. The second-order valence-electron chi connectivity index (χ2n) is 4.59. The van der Waals surface area contributed by atoms with Gasteiger partial charge in [-0.3, -0.25) is 5.10 Å². The second-order valence-corrected chi connectivity index (χ2v) is 6.30. The van der Waals surface area contributed by atoms with E-state index in [0.717, 1.165) is 31.9 Å². The highest BCUT2D eigenvalue weighted by atomic mass is 32.2. The monoisotopic (exact) mass is 303 g/mol. The van der Waals surface area contributed by atoms with Crippen molar-refractivity contribution in [3.8, 4) is 0 Å². The van der Waals surface area contributed by atoms with Gasteiger partial charge in [-0.25, -0.2) is 17.9 Å². The van der Waals surface area contributed by atoms with Crippen LogP contribution in [0.4, 0.5) is 0 Å². The molecule has 0 radical (unpaired) electrons. The molecule has 0 saturated heterocycles. The molecule has 20 heavy (non-hydrogen) atoms. The fourth-order valence-corrected chi connectivity index (χ4v) is 3.26. The number of carbonyl (C=O) groups is 1. The van der Waals surface area contributed by atoms with Gasteiger partial charge in [0.25, 0.3) is 10.0 Å². The topological polar surface area (TPSA) is 121 Å². The molecule has 1 saturated carbocycles. The number of carboxylic acids is 1. The van der Waals surface area contributed by atoms with Crippen LogP contribution in [0.25, 0.3) is 0 Å². The summed E-state index contributed by atoms with van der Waals surface area (Å²) in [5, 5.41) is 14.0. The Morgan fingerprint density at radius 1 is 1.50 bits per heavy atom. The number of hydrogen-bond donors (Lipinski definition) is 3. The first kappa shape index (κ1) is 14.9. The molecule has 0 aromatic carbocycles. The van der Waals surface area contributed by atoms with Gasteiger partial charge in [0.2, 0.25) is 0 Å². The van der Waals surface area contributed by atoms with E-state index in [4.69, 9.17) is 9.84 Å². The molecule has 0 atom stereocenters. The molecule has 3 N–H and O–H groups in total. The van der Waals surface area contributed by atoms with Crippen molar-refractivity contribution < 1.29 is 23.1 Å². The van der Waals surface area contributed by atoms with Crippen LogP contribution < -0.4 is 4.72 Å². The molecule has 9 heteroatoms. The average Bonchev–Trinajstić information content (AvgIpc) is 3.05. The summed E-state index contributed by atoms with van der Waals surface area (Å²) in [6, 6.07) is 0. The van der Waals surface area contributed by atoms with E-state index < -0.39 is 21.0 Å². The predicted octanol–water partition coefficient (Wildman–Crippen LogP) is 0.345. The minimum atomic E-state index is -3.92. The van der Waals surface area contributed by atoms with E-state index in [2.05, 4.69) is 14.9 Å². The van der Waals surface area contributed by atoms with E-state index in [1.54, 1.807) is 0 Å². The molecule has 112 valence electrons. The predicted molar refractivity (Wildman–Crippen MR) is 68.9 cm³/mol. The van der Waals surface area contributed by atoms with Crippen LogP contribution in [0.2, 0.25) is 0 Å². The first-order valence-corrected chi connectivity index (χ1v) is 7.87. The number of aromatic amines is 1. The van der Waals surface area contributed by atoms with Crippen LogP contribution in [0.15, 0.2) is 11.2 Å². The van der Waals surface area contributed by atoms with Crippen molar-refractivity contribution in [3.63, 3.8) is 0 Å². The summed E-state index contributed by atoms with van der Waals surface area (Å²) in [5.74, 6) is -1.35. The van der Waals surface area contributed by atoms with E-state index in [9.17, 15) is 13.2 Å². The summed E-state index contributed by atoms with van der Waals surface area (Å²) in [7, 11) is -3.92. The van der Waals surface area contributed by atoms with E-state index in [1.165, 1.54) is 0 Å². The van der Waals surface area contributed by atoms with Gasteiger partial charge < -0.3 is 9.84 Å². The third-order valence-corrected chi connectivity index (χ3v) is 4.59. The molecule has 1 aliphatic carbocycles. The summed E-state index contributed by atoms with van der Waals surface area (Å²) in [5.41, 5.74) is -0.380. The lowest BCUT2D eigenvalue weighted by Crippen LogP contribution is -2.29. The Morgan fingerprint density at radius 2 is 2.20 bits per heavy atom. The Morgan fingerprint density at radius 3 is 2.85 bits per heavy atom. The largest absolute Gasteiger partial charge is 0.478 e. The number of ether oxygens (including phenoxy) is 1. The summed E-state index contributed by atoms with van der Waals surface area (Å²) < 4.78 is 31.6. The normalized spacial score (nSPS) is 16.6. The third-order valence-electron chi connectivity index (χ3n) is 3.15. The van der Waals surface area contributed by atoms with Crippen LogP contribution >= 0.6 is 0 Å². The minimum absolute atomic E-state index is 0.0942. The summed E-state index contributed by atoms with van der Waals surface area (Å²) in [6.45, 7) is 0.358. The van der Waals surface area contributed by atoms with Crippen LogP contribution in [0.3, 0.4) is 0 Å². The molecule has 1 aromatic heterocycles. The van der Waals surface area contributed by atoms with Crippen LogP contribution in [-0.2, 0) is 14.8 Å². The maximum Gasteiger partial charge on any atom is 0.340 e. The third kappa shape index (κ3) is 3.56. The first-order chi connectivity index (χ1) is 9.50. The number of sulfonamides is 1. The Bertz CT molecular complexity index is 562. The van der Waals surface area contributed by atoms with Gasteiger partial charge in [0.1, 0.15) is 5.56 Å². The molecular formula is C11H17N3O5S. The summed E-state index contributed by atoms with van der Waals surface area (Å²) in [4.78, 5) is 10.9. The lowest BCUT2D eigenvalue weighted by Gasteiger charge is -2.11. The molecule has 0 amide bonds. The quantitative estimate of drug-likeness (QED) is 0.625. The fourth-order valence-electron chi connectivity index (χ4n) is 2.16.